The molecule has 0 aromatic rings. The molecule has 0 unspecified atom stereocenters. The fourth-order valence-corrected chi connectivity index (χ4v) is 6.72. The van der Waals surface area contributed by atoms with Crippen LogP contribution in [0.5, 0.6) is 0 Å². The second-order valence-electron chi connectivity index (χ2n) is 6.79. The van der Waals surface area contributed by atoms with Gasteiger partial charge in [-0.2, -0.15) is 8.42 Å². The molecule has 1 fully saturated rings. The van der Waals surface area contributed by atoms with Crippen molar-refractivity contribution in [3.05, 3.63) is 0 Å². The van der Waals surface area contributed by atoms with Crippen molar-refractivity contribution in [1.29, 1.82) is 0 Å². The second-order valence-corrected chi connectivity index (χ2v) is 10.5. The minimum absolute atomic E-state index is 0.136. The van der Waals surface area contributed by atoms with Gasteiger partial charge >= 0.3 is 0 Å². The number of rotatable bonds is 5. The van der Waals surface area contributed by atoms with E-state index in [-0.39, 0.29) is 6.42 Å². The Balaban J connectivity index is 2.90. The number of amides is 1. The number of nitrogens with zero attached hydrogens (tertiary/aromatic N) is 1. The van der Waals surface area contributed by atoms with Crippen LogP contribution in [0.3, 0.4) is 0 Å². The average Bonchev–Trinajstić information content (AvgIpc) is 2.44. The molecule has 8 nitrogen and oxygen atoms in total. The number of quaternary nitrogens is 1. The first-order valence-electron chi connectivity index (χ1n) is 6.43. The molecular weight excluding hydrogens is 320 g/mol. The summed E-state index contributed by atoms with van der Waals surface area (Å²) >= 11 is 0. The van der Waals surface area contributed by atoms with E-state index >= 15 is 0 Å². The van der Waals surface area contributed by atoms with Crippen LogP contribution in [0.1, 0.15) is 13.3 Å². The first kappa shape index (κ1) is 18.3. The molecule has 0 spiro atoms. The van der Waals surface area contributed by atoms with Crippen molar-refractivity contribution in [2.24, 2.45) is 0 Å². The molecular formula is C11H23N2O6S2+. The Kier molecular flexibility index (Phi) is 4.79. The first-order chi connectivity index (χ1) is 9.15. The van der Waals surface area contributed by atoms with E-state index in [1.54, 1.807) is 0 Å². The monoisotopic (exact) mass is 343 g/mol. The van der Waals surface area contributed by atoms with Crippen LogP contribution in [-0.2, 0) is 24.7 Å². The van der Waals surface area contributed by atoms with E-state index in [0.717, 1.165) is 0 Å². The van der Waals surface area contributed by atoms with Crippen LogP contribution in [0.15, 0.2) is 0 Å². The van der Waals surface area contributed by atoms with Gasteiger partial charge in [0, 0.05) is 0 Å². The van der Waals surface area contributed by atoms with Crippen molar-refractivity contribution in [2.75, 3.05) is 39.2 Å². The first-order valence-corrected chi connectivity index (χ1v) is 9.75. The molecule has 21 heavy (non-hydrogen) atoms. The molecule has 1 heterocycles. The number of hydrogen-bond donors (Lipinski definition) is 2. The normalized spacial score (nSPS) is 29.3. The summed E-state index contributed by atoms with van der Waals surface area (Å²) in [5.41, 5.74) is -1.51. The molecule has 0 saturated carbocycles. The number of carbonyl (C=O) groups is 1. The lowest BCUT2D eigenvalue weighted by atomic mass is 10.0. The molecule has 0 aromatic heterocycles. The van der Waals surface area contributed by atoms with Gasteiger partial charge in [-0.3, -0.25) is 9.35 Å². The minimum atomic E-state index is -4.57. The molecule has 124 valence electrons. The van der Waals surface area contributed by atoms with Crippen molar-refractivity contribution in [1.82, 2.24) is 5.32 Å². The summed E-state index contributed by atoms with van der Waals surface area (Å²) in [6.07, 6.45) is 0.136. The van der Waals surface area contributed by atoms with Crippen LogP contribution in [0.2, 0.25) is 0 Å². The third-order valence-corrected chi connectivity index (χ3v) is 6.93. The Bertz CT molecular complexity index is 620. The number of carbonyl (C=O) groups excluding carboxylic acids is 1. The molecule has 1 aliphatic rings. The lowest BCUT2D eigenvalue weighted by Gasteiger charge is -2.30. The Hall–Kier alpha value is -0.710. The lowest BCUT2D eigenvalue weighted by molar-refractivity contribution is -0.869. The Labute approximate surface area is 125 Å². The molecule has 2 atom stereocenters. The van der Waals surface area contributed by atoms with Crippen LogP contribution < -0.4 is 5.32 Å². The SMILES string of the molecule is C[C@@]1(NC(=O)CC[N+](C)(C)C)CS(=O)(=O)C[C@@H]1S(=O)(=O)O. The zero-order valence-electron chi connectivity index (χ0n) is 12.7. The quantitative estimate of drug-likeness (QED) is 0.470. The second kappa shape index (κ2) is 5.49. The molecule has 1 rings (SSSR count). The van der Waals surface area contributed by atoms with Gasteiger partial charge in [0.1, 0.15) is 5.25 Å². The highest BCUT2D eigenvalue weighted by molar-refractivity contribution is 7.94. The van der Waals surface area contributed by atoms with Gasteiger partial charge in [0.2, 0.25) is 5.91 Å². The fourth-order valence-electron chi connectivity index (χ4n) is 2.37. The van der Waals surface area contributed by atoms with Crippen molar-refractivity contribution >= 4 is 25.9 Å². The third-order valence-electron chi connectivity index (χ3n) is 3.43. The summed E-state index contributed by atoms with van der Waals surface area (Å²) in [6, 6.07) is 0. The third kappa shape index (κ3) is 5.20. The predicted octanol–water partition coefficient (Wildman–Crippen LogP) is -1.36. The predicted molar refractivity (Wildman–Crippen MR) is 78.1 cm³/mol. The zero-order chi connectivity index (χ0) is 16.7. The molecule has 1 amide bonds. The lowest BCUT2D eigenvalue weighted by Crippen LogP contribution is -2.57. The van der Waals surface area contributed by atoms with E-state index in [2.05, 4.69) is 5.32 Å². The van der Waals surface area contributed by atoms with Crippen molar-refractivity contribution in [2.45, 2.75) is 24.1 Å². The van der Waals surface area contributed by atoms with Crippen LogP contribution in [0, 0.1) is 0 Å². The molecule has 0 bridgehead atoms. The van der Waals surface area contributed by atoms with Gasteiger partial charge in [0.05, 0.1) is 51.2 Å². The Morgan fingerprint density at radius 1 is 1.38 bits per heavy atom. The maximum atomic E-state index is 11.9. The summed E-state index contributed by atoms with van der Waals surface area (Å²) in [5, 5.41) is 0.934. The van der Waals surface area contributed by atoms with E-state index in [9.17, 15) is 26.2 Å². The van der Waals surface area contributed by atoms with Gasteiger partial charge in [-0.15, -0.1) is 0 Å². The molecule has 0 aliphatic carbocycles. The Morgan fingerprint density at radius 2 is 1.90 bits per heavy atom. The van der Waals surface area contributed by atoms with E-state index < -0.39 is 48.2 Å². The fraction of sp³-hybridized carbons (Fsp3) is 0.909. The highest BCUT2D eigenvalue weighted by atomic mass is 32.2. The van der Waals surface area contributed by atoms with Crippen molar-refractivity contribution in [3.8, 4) is 0 Å². The molecule has 1 aliphatic heterocycles. The van der Waals surface area contributed by atoms with Crippen LogP contribution in [0.25, 0.3) is 0 Å². The molecule has 0 radical (unpaired) electrons. The number of nitrogens with one attached hydrogen (secondary N) is 1. The summed E-state index contributed by atoms with van der Waals surface area (Å²) in [5.74, 6) is -1.62. The number of hydrogen-bond acceptors (Lipinski definition) is 5. The van der Waals surface area contributed by atoms with Crippen molar-refractivity contribution in [3.63, 3.8) is 0 Å². The highest BCUT2D eigenvalue weighted by Gasteiger charge is 2.54. The Morgan fingerprint density at radius 3 is 2.33 bits per heavy atom. The van der Waals surface area contributed by atoms with Gasteiger partial charge < -0.3 is 9.80 Å². The minimum Gasteiger partial charge on any atom is -0.348 e. The smallest absolute Gasteiger partial charge is 0.271 e. The van der Waals surface area contributed by atoms with E-state index in [1.165, 1.54) is 6.92 Å². The van der Waals surface area contributed by atoms with Crippen LogP contribution in [0.4, 0.5) is 0 Å². The maximum absolute atomic E-state index is 11.9. The van der Waals surface area contributed by atoms with Crippen LogP contribution >= 0.6 is 0 Å². The summed E-state index contributed by atoms with van der Waals surface area (Å²) in [6.45, 7) is 1.85. The topological polar surface area (TPSA) is 118 Å². The average molecular weight is 343 g/mol. The highest BCUT2D eigenvalue weighted by Crippen LogP contribution is 2.28. The van der Waals surface area contributed by atoms with Gasteiger partial charge in [0.15, 0.2) is 9.84 Å². The van der Waals surface area contributed by atoms with Crippen molar-refractivity contribution < 1.29 is 30.7 Å². The molecule has 10 heteroatoms. The number of sulfone groups is 1. The summed E-state index contributed by atoms with van der Waals surface area (Å²) in [4.78, 5) is 11.9. The van der Waals surface area contributed by atoms with Gasteiger partial charge in [-0.05, 0) is 6.92 Å². The zero-order valence-corrected chi connectivity index (χ0v) is 14.3. The van der Waals surface area contributed by atoms with E-state index in [1.807, 2.05) is 21.1 Å². The van der Waals surface area contributed by atoms with Gasteiger partial charge in [-0.25, -0.2) is 8.42 Å². The molecule has 2 N–H and O–H groups in total. The van der Waals surface area contributed by atoms with Gasteiger partial charge in [-0.1, -0.05) is 0 Å². The summed E-state index contributed by atoms with van der Waals surface area (Å²) < 4.78 is 55.8. The van der Waals surface area contributed by atoms with Gasteiger partial charge in [0.25, 0.3) is 10.1 Å². The van der Waals surface area contributed by atoms with E-state index in [0.29, 0.717) is 11.0 Å². The summed E-state index contributed by atoms with van der Waals surface area (Å²) in [7, 11) is -2.50. The largest absolute Gasteiger partial charge is 0.348 e. The molecule has 0 aromatic carbocycles. The van der Waals surface area contributed by atoms with Crippen LogP contribution in [-0.4, -0.2) is 81.8 Å². The standard InChI is InChI=1S/C11H22N2O6S2/c1-11(12-10(14)5-6-13(2,3)4)8-20(15,16)7-9(11)21(17,18)19/h9H,5-8H2,1-4H3,(H-,12,14,17,18,19)/p+1/t9-,11+/m0/s1. The molecule has 1 saturated heterocycles. The van der Waals surface area contributed by atoms with E-state index in [4.69, 9.17) is 0 Å². The maximum Gasteiger partial charge on any atom is 0.271 e.